The summed E-state index contributed by atoms with van der Waals surface area (Å²) < 4.78 is 6.98. The highest BCUT2D eigenvalue weighted by Crippen LogP contribution is 2.24. The third-order valence-corrected chi connectivity index (χ3v) is 5.96. The molecule has 6 heteroatoms. The van der Waals surface area contributed by atoms with E-state index in [1.54, 1.807) is 48.2 Å². The molecule has 0 saturated heterocycles. The van der Waals surface area contributed by atoms with Gasteiger partial charge in [0.05, 0.1) is 19.5 Å². The van der Waals surface area contributed by atoms with Crippen molar-refractivity contribution in [2.24, 2.45) is 0 Å². The van der Waals surface area contributed by atoms with Crippen molar-refractivity contribution in [1.82, 2.24) is 14.3 Å². The van der Waals surface area contributed by atoms with Gasteiger partial charge in [0.25, 0.3) is 5.91 Å². The Morgan fingerprint density at radius 1 is 1.07 bits per heavy atom. The van der Waals surface area contributed by atoms with Crippen LogP contribution < -0.4 is 4.74 Å². The molecule has 3 aromatic rings. The van der Waals surface area contributed by atoms with Crippen molar-refractivity contribution in [3.8, 4) is 5.75 Å². The summed E-state index contributed by atoms with van der Waals surface area (Å²) in [6, 6.07) is 10.9. The fraction of sp³-hybridized carbons (Fsp3) is 0.375. The van der Waals surface area contributed by atoms with Gasteiger partial charge in [0, 0.05) is 23.7 Å². The summed E-state index contributed by atoms with van der Waals surface area (Å²) in [6.07, 6.45) is 9.10. The lowest BCUT2D eigenvalue weighted by molar-refractivity contribution is 0.0647. The number of hydrogen-bond acceptors (Lipinski definition) is 4. The molecule has 1 aliphatic rings. The number of fused-ring (bicyclic) bond motifs is 1. The van der Waals surface area contributed by atoms with Crippen LogP contribution in [0.25, 0.3) is 5.65 Å². The SMILES string of the molecule is CCN(C(=O)c1ccc(C(=O)c2cnc3ccc(OC)cn23)cc1)C1CCCCC1. The molecule has 156 valence electrons. The number of benzene rings is 1. The number of methoxy groups -OCH3 is 1. The quantitative estimate of drug-likeness (QED) is 0.571. The Morgan fingerprint density at radius 3 is 2.43 bits per heavy atom. The number of pyridine rings is 1. The van der Waals surface area contributed by atoms with Crippen molar-refractivity contribution in [3.63, 3.8) is 0 Å². The van der Waals surface area contributed by atoms with E-state index in [0.717, 1.165) is 12.8 Å². The highest BCUT2D eigenvalue weighted by atomic mass is 16.5. The minimum absolute atomic E-state index is 0.0444. The molecule has 4 rings (SSSR count). The zero-order valence-corrected chi connectivity index (χ0v) is 17.5. The van der Waals surface area contributed by atoms with E-state index in [-0.39, 0.29) is 11.7 Å². The van der Waals surface area contributed by atoms with E-state index in [9.17, 15) is 9.59 Å². The third-order valence-electron chi connectivity index (χ3n) is 5.96. The van der Waals surface area contributed by atoms with E-state index in [0.29, 0.717) is 40.8 Å². The van der Waals surface area contributed by atoms with Gasteiger partial charge in [-0.3, -0.25) is 14.0 Å². The van der Waals surface area contributed by atoms with Gasteiger partial charge in [0.15, 0.2) is 0 Å². The van der Waals surface area contributed by atoms with Gasteiger partial charge in [-0.25, -0.2) is 4.98 Å². The summed E-state index contributed by atoms with van der Waals surface area (Å²) >= 11 is 0. The minimum atomic E-state index is -0.144. The Balaban J connectivity index is 1.56. The molecule has 1 fully saturated rings. The van der Waals surface area contributed by atoms with Gasteiger partial charge in [0.1, 0.15) is 17.1 Å². The first kappa shape index (κ1) is 20.1. The molecule has 0 radical (unpaired) electrons. The van der Waals surface area contributed by atoms with Crippen molar-refractivity contribution in [2.75, 3.05) is 13.7 Å². The molecule has 0 bridgehead atoms. The molecule has 0 N–H and O–H groups in total. The molecule has 0 atom stereocenters. The average molecular weight is 405 g/mol. The van der Waals surface area contributed by atoms with Crippen LogP contribution in [0.1, 0.15) is 65.4 Å². The average Bonchev–Trinajstić information content (AvgIpc) is 3.23. The van der Waals surface area contributed by atoms with Crippen LogP contribution >= 0.6 is 0 Å². The summed E-state index contributed by atoms with van der Waals surface area (Å²) in [4.78, 5) is 32.4. The molecule has 2 aromatic heterocycles. The Morgan fingerprint density at radius 2 is 1.77 bits per heavy atom. The number of carbonyl (C=O) groups is 2. The second-order valence-electron chi connectivity index (χ2n) is 7.73. The first-order valence-electron chi connectivity index (χ1n) is 10.6. The lowest BCUT2D eigenvalue weighted by atomic mass is 9.93. The third kappa shape index (κ3) is 3.82. The topological polar surface area (TPSA) is 63.9 Å². The molecule has 0 spiro atoms. The Labute approximate surface area is 176 Å². The molecule has 0 unspecified atom stereocenters. The van der Waals surface area contributed by atoms with Crippen molar-refractivity contribution >= 4 is 17.3 Å². The molecule has 30 heavy (non-hydrogen) atoms. The molecule has 1 saturated carbocycles. The van der Waals surface area contributed by atoms with Gasteiger partial charge in [-0.1, -0.05) is 31.4 Å². The van der Waals surface area contributed by atoms with Crippen LogP contribution in [-0.4, -0.2) is 45.7 Å². The number of hydrogen-bond donors (Lipinski definition) is 0. The van der Waals surface area contributed by atoms with Gasteiger partial charge in [-0.05, 0) is 44.0 Å². The molecule has 1 aromatic carbocycles. The van der Waals surface area contributed by atoms with Gasteiger partial charge in [-0.15, -0.1) is 0 Å². The van der Waals surface area contributed by atoms with Crippen molar-refractivity contribution in [2.45, 2.75) is 45.1 Å². The fourth-order valence-electron chi connectivity index (χ4n) is 4.29. The van der Waals surface area contributed by atoms with E-state index in [1.807, 2.05) is 24.0 Å². The molecule has 1 amide bonds. The molecular formula is C24H27N3O3. The lowest BCUT2D eigenvalue weighted by Crippen LogP contribution is -2.41. The summed E-state index contributed by atoms with van der Waals surface area (Å²) in [5, 5.41) is 0. The number of ether oxygens (including phenoxy) is 1. The van der Waals surface area contributed by atoms with Crippen LogP contribution in [0, 0.1) is 0 Å². The fourth-order valence-corrected chi connectivity index (χ4v) is 4.29. The summed E-state index contributed by atoms with van der Waals surface area (Å²) in [7, 11) is 1.59. The second kappa shape index (κ2) is 8.69. The van der Waals surface area contributed by atoms with Crippen LogP contribution in [0.4, 0.5) is 0 Å². The van der Waals surface area contributed by atoms with Crippen molar-refractivity contribution in [1.29, 1.82) is 0 Å². The monoisotopic (exact) mass is 405 g/mol. The number of imidazole rings is 1. The smallest absolute Gasteiger partial charge is 0.254 e. The number of aromatic nitrogens is 2. The van der Waals surface area contributed by atoms with Crippen LogP contribution in [0.2, 0.25) is 0 Å². The maximum Gasteiger partial charge on any atom is 0.254 e. The van der Waals surface area contributed by atoms with E-state index in [4.69, 9.17) is 4.74 Å². The zero-order valence-electron chi connectivity index (χ0n) is 17.5. The highest BCUT2D eigenvalue weighted by Gasteiger charge is 2.25. The molecular weight excluding hydrogens is 378 g/mol. The van der Waals surface area contributed by atoms with Crippen molar-refractivity contribution in [3.05, 3.63) is 65.6 Å². The first-order chi connectivity index (χ1) is 14.6. The van der Waals surface area contributed by atoms with E-state index >= 15 is 0 Å². The summed E-state index contributed by atoms with van der Waals surface area (Å²) in [5.41, 5.74) is 2.29. The number of nitrogens with zero attached hydrogens (tertiary/aromatic N) is 3. The maximum absolute atomic E-state index is 13.0. The number of rotatable bonds is 6. The van der Waals surface area contributed by atoms with Crippen LogP contribution in [0.5, 0.6) is 5.75 Å². The van der Waals surface area contributed by atoms with Crippen molar-refractivity contribution < 1.29 is 14.3 Å². The van der Waals surface area contributed by atoms with Gasteiger partial charge in [-0.2, -0.15) is 0 Å². The normalized spacial score (nSPS) is 14.6. The standard InChI is InChI=1S/C24H27N3O3/c1-3-26(19-7-5-4-6-8-19)24(29)18-11-9-17(10-12-18)23(28)21-15-25-22-14-13-20(30-2)16-27(21)22/h9-16,19H,3-8H2,1-2H3. The number of ketones is 1. The number of carbonyl (C=O) groups excluding carboxylic acids is 2. The van der Waals surface area contributed by atoms with E-state index in [2.05, 4.69) is 4.98 Å². The number of amides is 1. The maximum atomic E-state index is 13.0. The Bertz CT molecular complexity index is 1050. The lowest BCUT2D eigenvalue weighted by Gasteiger charge is -2.33. The van der Waals surface area contributed by atoms with Gasteiger partial charge < -0.3 is 9.64 Å². The summed E-state index contributed by atoms with van der Waals surface area (Å²) in [6.45, 7) is 2.73. The zero-order chi connectivity index (χ0) is 21.1. The van der Waals surface area contributed by atoms with Crippen LogP contribution in [0.3, 0.4) is 0 Å². The highest BCUT2D eigenvalue weighted by molar-refractivity contribution is 6.08. The Hall–Kier alpha value is -3.15. The predicted octanol–water partition coefficient (Wildman–Crippen LogP) is 4.37. The largest absolute Gasteiger partial charge is 0.495 e. The molecule has 6 nitrogen and oxygen atoms in total. The van der Waals surface area contributed by atoms with E-state index < -0.39 is 0 Å². The van der Waals surface area contributed by atoms with Gasteiger partial charge >= 0.3 is 0 Å². The molecule has 2 heterocycles. The summed E-state index contributed by atoms with van der Waals surface area (Å²) in [5.74, 6) is 0.551. The van der Waals surface area contributed by atoms with Crippen LogP contribution in [0.15, 0.2) is 48.8 Å². The van der Waals surface area contributed by atoms with Gasteiger partial charge in [0.2, 0.25) is 5.78 Å². The minimum Gasteiger partial charge on any atom is -0.495 e. The molecule has 0 aliphatic heterocycles. The van der Waals surface area contributed by atoms with Crippen LogP contribution in [-0.2, 0) is 0 Å². The first-order valence-corrected chi connectivity index (χ1v) is 10.6. The second-order valence-corrected chi connectivity index (χ2v) is 7.73. The van der Waals surface area contributed by atoms with E-state index in [1.165, 1.54) is 19.3 Å². The Kier molecular flexibility index (Phi) is 5.84. The molecule has 1 aliphatic carbocycles. The predicted molar refractivity (Wildman–Crippen MR) is 115 cm³/mol.